The normalized spacial score (nSPS) is 11.5. The maximum absolute atomic E-state index is 4.95. The zero-order valence-electron chi connectivity index (χ0n) is 7.01. The summed E-state index contributed by atoms with van der Waals surface area (Å²) in [5.41, 5.74) is 1.30. The molecule has 0 bridgehead atoms. The van der Waals surface area contributed by atoms with E-state index >= 15 is 0 Å². The fraction of sp³-hybridized carbons (Fsp3) is 0.500. The number of hydrogen-bond donors (Lipinski definition) is 1. The Labute approximate surface area is 71.7 Å². The second kappa shape index (κ2) is 2.74. The van der Waals surface area contributed by atoms with Gasteiger partial charge in [0, 0.05) is 0 Å². The van der Waals surface area contributed by atoms with Gasteiger partial charge in [-0.15, -0.1) is 0 Å². The smallest absolute Gasteiger partial charge is 0.119 e. The molecule has 1 aromatic rings. The summed E-state index contributed by atoms with van der Waals surface area (Å²) in [6.45, 7) is 6.41. The molecule has 0 saturated heterocycles. The zero-order valence-corrected chi connectivity index (χ0v) is 7.83. The molecule has 0 aliphatic rings. The molecule has 60 valence electrons. The highest BCUT2D eigenvalue weighted by Crippen LogP contribution is 2.19. The van der Waals surface area contributed by atoms with Crippen molar-refractivity contribution < 1.29 is 0 Å². The predicted molar refractivity (Wildman–Crippen MR) is 48.1 cm³/mol. The largest absolute Gasteiger partial charge is 0.268 e. The van der Waals surface area contributed by atoms with Crippen LogP contribution in [0.3, 0.4) is 0 Å². The van der Waals surface area contributed by atoms with E-state index in [2.05, 4.69) is 31.0 Å². The number of aromatic amines is 1. The lowest BCUT2D eigenvalue weighted by atomic mass is 9.89. The lowest BCUT2D eigenvalue weighted by Gasteiger charge is -2.17. The summed E-state index contributed by atoms with van der Waals surface area (Å²) in [4.78, 5) is 0. The van der Waals surface area contributed by atoms with Gasteiger partial charge in [0.2, 0.25) is 0 Å². The zero-order chi connectivity index (χ0) is 8.48. The quantitative estimate of drug-likeness (QED) is 0.603. The molecular formula is C8H12N2S. The Bertz CT molecular complexity index is 295. The highest BCUT2D eigenvalue weighted by atomic mass is 32.1. The van der Waals surface area contributed by atoms with Gasteiger partial charge in [0.05, 0.1) is 6.20 Å². The second-order valence-electron chi connectivity index (χ2n) is 3.58. The molecule has 11 heavy (non-hydrogen) atoms. The SMILES string of the molecule is CC(C)(C)c1cn[nH]c(=S)c1. The third kappa shape index (κ3) is 2.12. The maximum atomic E-state index is 4.95. The molecule has 0 radical (unpaired) electrons. The van der Waals surface area contributed by atoms with Gasteiger partial charge in [0.15, 0.2) is 0 Å². The van der Waals surface area contributed by atoms with Crippen molar-refractivity contribution in [3.8, 4) is 0 Å². The molecule has 0 atom stereocenters. The Morgan fingerprint density at radius 1 is 1.45 bits per heavy atom. The summed E-state index contributed by atoms with van der Waals surface area (Å²) in [7, 11) is 0. The average molecular weight is 168 g/mol. The Balaban J connectivity index is 3.16. The first kappa shape index (κ1) is 8.40. The average Bonchev–Trinajstić information content (AvgIpc) is 1.86. The Morgan fingerprint density at radius 2 is 2.09 bits per heavy atom. The first-order chi connectivity index (χ1) is 5.00. The topological polar surface area (TPSA) is 28.7 Å². The van der Waals surface area contributed by atoms with Crippen LogP contribution in [-0.4, -0.2) is 10.2 Å². The van der Waals surface area contributed by atoms with Gasteiger partial charge in [-0.3, -0.25) is 5.10 Å². The monoisotopic (exact) mass is 168 g/mol. The van der Waals surface area contributed by atoms with E-state index < -0.39 is 0 Å². The summed E-state index contributed by atoms with van der Waals surface area (Å²) in [6, 6.07) is 1.95. The molecule has 1 heterocycles. The minimum Gasteiger partial charge on any atom is -0.268 e. The van der Waals surface area contributed by atoms with Gasteiger partial charge in [-0.2, -0.15) is 5.10 Å². The predicted octanol–water partition coefficient (Wildman–Crippen LogP) is 2.44. The summed E-state index contributed by atoms with van der Waals surface area (Å²) < 4.78 is 0.692. The number of hydrogen-bond acceptors (Lipinski definition) is 2. The Hall–Kier alpha value is -0.700. The second-order valence-corrected chi connectivity index (χ2v) is 4.02. The number of aromatic nitrogens is 2. The molecule has 0 spiro atoms. The minimum atomic E-state index is 0.135. The highest BCUT2D eigenvalue weighted by molar-refractivity contribution is 7.71. The van der Waals surface area contributed by atoms with E-state index in [-0.39, 0.29) is 5.41 Å². The Morgan fingerprint density at radius 3 is 2.45 bits per heavy atom. The number of rotatable bonds is 0. The van der Waals surface area contributed by atoms with Gasteiger partial charge in [-0.05, 0) is 17.0 Å². The molecule has 0 saturated carbocycles. The van der Waals surface area contributed by atoms with Gasteiger partial charge in [-0.1, -0.05) is 33.0 Å². The van der Waals surface area contributed by atoms with E-state index in [1.165, 1.54) is 5.56 Å². The van der Waals surface area contributed by atoms with Crippen LogP contribution >= 0.6 is 12.2 Å². The number of H-pyrrole nitrogens is 1. The summed E-state index contributed by atoms with van der Waals surface area (Å²) in [6.07, 6.45) is 1.82. The van der Waals surface area contributed by atoms with Crippen molar-refractivity contribution in [2.75, 3.05) is 0 Å². The van der Waals surface area contributed by atoms with Crippen LogP contribution < -0.4 is 0 Å². The molecule has 0 unspecified atom stereocenters. The number of nitrogens with one attached hydrogen (secondary N) is 1. The van der Waals surface area contributed by atoms with E-state index in [1.807, 2.05) is 12.3 Å². The molecule has 2 nitrogen and oxygen atoms in total. The molecule has 3 heteroatoms. The van der Waals surface area contributed by atoms with Crippen LogP contribution in [0.25, 0.3) is 0 Å². The van der Waals surface area contributed by atoms with Crippen LogP contribution in [0.5, 0.6) is 0 Å². The van der Waals surface area contributed by atoms with Crippen LogP contribution in [0.15, 0.2) is 12.3 Å². The van der Waals surface area contributed by atoms with Crippen molar-refractivity contribution in [3.05, 3.63) is 22.5 Å². The van der Waals surface area contributed by atoms with Crippen molar-refractivity contribution in [1.29, 1.82) is 0 Å². The van der Waals surface area contributed by atoms with Crippen molar-refractivity contribution in [2.24, 2.45) is 0 Å². The van der Waals surface area contributed by atoms with Crippen molar-refractivity contribution >= 4 is 12.2 Å². The highest BCUT2D eigenvalue weighted by Gasteiger charge is 2.12. The van der Waals surface area contributed by atoms with Gasteiger partial charge in [-0.25, -0.2) is 0 Å². The summed E-state index contributed by atoms with van der Waals surface area (Å²) >= 11 is 4.95. The van der Waals surface area contributed by atoms with Gasteiger partial charge < -0.3 is 0 Å². The minimum absolute atomic E-state index is 0.135. The molecule has 1 rings (SSSR count). The molecule has 1 aromatic heterocycles. The van der Waals surface area contributed by atoms with Crippen molar-refractivity contribution in [2.45, 2.75) is 26.2 Å². The lowest BCUT2D eigenvalue weighted by Crippen LogP contribution is -2.11. The summed E-state index contributed by atoms with van der Waals surface area (Å²) in [5, 5.41) is 6.63. The Kier molecular flexibility index (Phi) is 2.09. The molecule has 0 aromatic carbocycles. The van der Waals surface area contributed by atoms with Crippen LogP contribution in [0.4, 0.5) is 0 Å². The molecule has 0 aliphatic carbocycles. The lowest BCUT2D eigenvalue weighted by molar-refractivity contribution is 0.584. The van der Waals surface area contributed by atoms with Crippen LogP contribution in [0, 0.1) is 4.64 Å². The van der Waals surface area contributed by atoms with E-state index in [9.17, 15) is 0 Å². The van der Waals surface area contributed by atoms with E-state index in [0.717, 1.165) is 0 Å². The first-order valence-electron chi connectivity index (χ1n) is 3.55. The maximum Gasteiger partial charge on any atom is 0.119 e. The third-order valence-electron chi connectivity index (χ3n) is 1.53. The molecule has 1 N–H and O–H groups in total. The molecule has 0 amide bonds. The molecular weight excluding hydrogens is 156 g/mol. The van der Waals surface area contributed by atoms with E-state index in [4.69, 9.17) is 12.2 Å². The van der Waals surface area contributed by atoms with Crippen molar-refractivity contribution in [3.63, 3.8) is 0 Å². The van der Waals surface area contributed by atoms with E-state index in [1.54, 1.807) is 0 Å². The van der Waals surface area contributed by atoms with Crippen molar-refractivity contribution in [1.82, 2.24) is 10.2 Å². The molecule has 0 fully saturated rings. The van der Waals surface area contributed by atoms with Crippen LogP contribution in [-0.2, 0) is 5.41 Å². The third-order valence-corrected chi connectivity index (χ3v) is 1.74. The van der Waals surface area contributed by atoms with Crippen LogP contribution in [0.2, 0.25) is 0 Å². The summed E-state index contributed by atoms with van der Waals surface area (Å²) in [5.74, 6) is 0. The van der Waals surface area contributed by atoms with Crippen LogP contribution in [0.1, 0.15) is 26.3 Å². The van der Waals surface area contributed by atoms with Gasteiger partial charge >= 0.3 is 0 Å². The fourth-order valence-corrected chi connectivity index (χ4v) is 0.966. The van der Waals surface area contributed by atoms with E-state index in [0.29, 0.717) is 4.64 Å². The standard InChI is InChI=1S/C8H12N2S/c1-8(2,3)6-4-7(11)10-9-5-6/h4-5H,1-3H3,(H,10,11). The first-order valence-corrected chi connectivity index (χ1v) is 3.96. The number of nitrogens with zero attached hydrogens (tertiary/aromatic N) is 1. The van der Waals surface area contributed by atoms with Gasteiger partial charge in [0.25, 0.3) is 0 Å². The fourth-order valence-electron chi connectivity index (χ4n) is 0.786. The molecule has 0 aliphatic heterocycles. The van der Waals surface area contributed by atoms with Gasteiger partial charge in [0.1, 0.15) is 4.64 Å².